The zero-order valence-corrected chi connectivity index (χ0v) is 14.4. The van der Waals surface area contributed by atoms with Gasteiger partial charge in [-0.3, -0.25) is 4.79 Å². The van der Waals surface area contributed by atoms with Crippen LogP contribution in [0.2, 0.25) is 0 Å². The second-order valence-electron chi connectivity index (χ2n) is 6.42. The molecule has 1 aromatic carbocycles. The Morgan fingerprint density at radius 2 is 1.78 bits per heavy atom. The van der Waals surface area contributed by atoms with Gasteiger partial charge < -0.3 is 15.0 Å². The number of halogens is 1. The van der Waals surface area contributed by atoms with Crippen molar-refractivity contribution in [2.24, 2.45) is 11.8 Å². The molecule has 4 nitrogen and oxygen atoms in total. The van der Waals surface area contributed by atoms with Gasteiger partial charge in [-0.2, -0.15) is 0 Å². The van der Waals surface area contributed by atoms with Crippen LogP contribution >= 0.6 is 12.4 Å². The van der Waals surface area contributed by atoms with Crippen molar-refractivity contribution in [3.8, 4) is 0 Å². The van der Waals surface area contributed by atoms with E-state index in [1.807, 2.05) is 35.2 Å². The van der Waals surface area contributed by atoms with Gasteiger partial charge in [0.15, 0.2) is 0 Å². The summed E-state index contributed by atoms with van der Waals surface area (Å²) < 4.78 is 5.63. The molecular formula is C18H27ClN2O2. The van der Waals surface area contributed by atoms with Crippen LogP contribution in [0.25, 0.3) is 0 Å². The standard InChI is InChI=1S/C18H26N2O2.ClH/c21-18(8-11-22-14-15-4-2-1-3-5-15)20-9-6-16-12-19-13-17(16)7-10-20;/h1-5,16-17,19H,6-14H2;1H/t16-,17+;. The summed E-state index contributed by atoms with van der Waals surface area (Å²) in [5.74, 6) is 1.79. The molecule has 2 aliphatic heterocycles. The van der Waals surface area contributed by atoms with E-state index in [-0.39, 0.29) is 18.3 Å². The van der Waals surface area contributed by atoms with E-state index in [0.29, 0.717) is 19.6 Å². The molecule has 0 radical (unpaired) electrons. The summed E-state index contributed by atoms with van der Waals surface area (Å²) in [6, 6.07) is 10.1. The van der Waals surface area contributed by atoms with E-state index in [0.717, 1.165) is 56.4 Å². The first-order chi connectivity index (χ1) is 10.8. The van der Waals surface area contributed by atoms with Crippen LogP contribution in [0.1, 0.15) is 24.8 Å². The summed E-state index contributed by atoms with van der Waals surface area (Å²) in [7, 11) is 0. The molecule has 23 heavy (non-hydrogen) atoms. The second-order valence-corrected chi connectivity index (χ2v) is 6.42. The number of benzene rings is 1. The summed E-state index contributed by atoms with van der Waals surface area (Å²) in [5.41, 5.74) is 1.16. The van der Waals surface area contributed by atoms with E-state index in [4.69, 9.17) is 4.74 Å². The lowest BCUT2D eigenvalue weighted by Gasteiger charge is -2.21. The van der Waals surface area contributed by atoms with Gasteiger partial charge in [0.1, 0.15) is 0 Å². The molecule has 0 saturated carbocycles. The monoisotopic (exact) mass is 338 g/mol. The van der Waals surface area contributed by atoms with Crippen molar-refractivity contribution >= 4 is 18.3 Å². The molecule has 0 aromatic heterocycles. The maximum atomic E-state index is 12.3. The van der Waals surface area contributed by atoms with Gasteiger partial charge in [-0.25, -0.2) is 0 Å². The van der Waals surface area contributed by atoms with Gasteiger partial charge in [-0.15, -0.1) is 12.4 Å². The quantitative estimate of drug-likeness (QED) is 0.839. The number of fused-ring (bicyclic) bond motifs is 1. The van der Waals surface area contributed by atoms with Crippen LogP contribution < -0.4 is 5.32 Å². The first-order valence-corrected chi connectivity index (χ1v) is 8.43. The molecule has 1 N–H and O–H groups in total. The molecule has 3 rings (SSSR count). The molecule has 1 amide bonds. The highest BCUT2D eigenvalue weighted by Gasteiger charge is 2.31. The summed E-state index contributed by atoms with van der Waals surface area (Å²) in [6.07, 6.45) is 2.79. The number of carbonyl (C=O) groups is 1. The fourth-order valence-electron chi connectivity index (χ4n) is 3.55. The molecule has 5 heteroatoms. The number of likely N-dealkylation sites (tertiary alicyclic amines) is 1. The lowest BCUT2D eigenvalue weighted by Crippen LogP contribution is -2.33. The Hall–Kier alpha value is -1.10. The Bertz CT molecular complexity index is 469. The average molecular weight is 339 g/mol. The van der Waals surface area contributed by atoms with Crippen LogP contribution in [0.15, 0.2) is 30.3 Å². The predicted octanol–water partition coefficient (Wildman–Crippen LogP) is 2.47. The molecule has 1 aromatic rings. The highest BCUT2D eigenvalue weighted by Crippen LogP contribution is 2.27. The van der Waals surface area contributed by atoms with E-state index >= 15 is 0 Å². The SMILES string of the molecule is Cl.O=C(CCOCc1ccccc1)N1CC[C@@H]2CNC[C@@H]2CC1. The number of rotatable bonds is 5. The third-order valence-electron chi connectivity index (χ3n) is 4.94. The Labute approximate surface area is 145 Å². The van der Waals surface area contributed by atoms with Crippen LogP contribution in [0.4, 0.5) is 0 Å². The fourth-order valence-corrected chi connectivity index (χ4v) is 3.55. The molecule has 0 bridgehead atoms. The minimum absolute atomic E-state index is 0. The zero-order chi connectivity index (χ0) is 15.2. The first-order valence-electron chi connectivity index (χ1n) is 8.43. The number of nitrogens with zero attached hydrogens (tertiary/aromatic N) is 1. The van der Waals surface area contributed by atoms with Crippen molar-refractivity contribution in [3.05, 3.63) is 35.9 Å². The van der Waals surface area contributed by atoms with Crippen molar-refractivity contribution in [2.45, 2.75) is 25.9 Å². The highest BCUT2D eigenvalue weighted by atomic mass is 35.5. The molecule has 2 saturated heterocycles. The topological polar surface area (TPSA) is 41.6 Å². The smallest absolute Gasteiger partial charge is 0.224 e. The van der Waals surface area contributed by atoms with Crippen molar-refractivity contribution in [3.63, 3.8) is 0 Å². The van der Waals surface area contributed by atoms with Gasteiger partial charge in [0, 0.05) is 13.1 Å². The van der Waals surface area contributed by atoms with E-state index in [1.54, 1.807) is 0 Å². The number of carbonyl (C=O) groups excluding carboxylic acids is 1. The van der Waals surface area contributed by atoms with Crippen LogP contribution in [0, 0.1) is 11.8 Å². The number of ether oxygens (including phenoxy) is 1. The van der Waals surface area contributed by atoms with Gasteiger partial charge in [0.05, 0.1) is 19.6 Å². The summed E-state index contributed by atoms with van der Waals surface area (Å²) >= 11 is 0. The molecule has 0 spiro atoms. The summed E-state index contributed by atoms with van der Waals surface area (Å²) in [5, 5.41) is 3.47. The second kappa shape index (κ2) is 9.26. The molecular weight excluding hydrogens is 312 g/mol. The summed E-state index contributed by atoms with van der Waals surface area (Å²) in [6.45, 7) is 5.20. The molecule has 2 aliphatic rings. The van der Waals surface area contributed by atoms with Gasteiger partial charge in [0.2, 0.25) is 5.91 Å². The van der Waals surface area contributed by atoms with Gasteiger partial charge in [-0.05, 0) is 43.3 Å². The minimum Gasteiger partial charge on any atom is -0.376 e. The van der Waals surface area contributed by atoms with Crippen molar-refractivity contribution in [1.29, 1.82) is 0 Å². The molecule has 2 heterocycles. The zero-order valence-electron chi connectivity index (χ0n) is 13.6. The Kier molecular flexibility index (Phi) is 7.34. The van der Waals surface area contributed by atoms with E-state index in [2.05, 4.69) is 5.32 Å². The largest absolute Gasteiger partial charge is 0.376 e. The normalized spacial score (nSPS) is 23.7. The third kappa shape index (κ3) is 5.20. The minimum atomic E-state index is 0. The van der Waals surface area contributed by atoms with E-state index in [9.17, 15) is 4.79 Å². The van der Waals surface area contributed by atoms with Gasteiger partial charge in [0.25, 0.3) is 0 Å². The molecule has 128 valence electrons. The fraction of sp³-hybridized carbons (Fsp3) is 0.611. The van der Waals surface area contributed by atoms with Crippen LogP contribution in [-0.4, -0.2) is 43.6 Å². The maximum absolute atomic E-state index is 12.3. The Morgan fingerprint density at radius 1 is 1.13 bits per heavy atom. The lowest BCUT2D eigenvalue weighted by atomic mass is 9.92. The lowest BCUT2D eigenvalue weighted by molar-refractivity contribution is -0.132. The highest BCUT2D eigenvalue weighted by molar-refractivity contribution is 5.85. The third-order valence-corrected chi connectivity index (χ3v) is 4.94. The summed E-state index contributed by atoms with van der Waals surface area (Å²) in [4.78, 5) is 14.4. The van der Waals surface area contributed by atoms with E-state index < -0.39 is 0 Å². The number of hydrogen-bond donors (Lipinski definition) is 1. The van der Waals surface area contributed by atoms with Gasteiger partial charge >= 0.3 is 0 Å². The number of hydrogen-bond acceptors (Lipinski definition) is 3. The molecule has 0 unspecified atom stereocenters. The van der Waals surface area contributed by atoms with Crippen LogP contribution in [0.3, 0.4) is 0 Å². The maximum Gasteiger partial charge on any atom is 0.224 e. The van der Waals surface area contributed by atoms with E-state index in [1.165, 1.54) is 0 Å². The van der Waals surface area contributed by atoms with Crippen molar-refractivity contribution < 1.29 is 9.53 Å². The van der Waals surface area contributed by atoms with Crippen LogP contribution in [0.5, 0.6) is 0 Å². The average Bonchev–Trinajstić information content (AvgIpc) is 2.91. The molecule has 0 aliphatic carbocycles. The van der Waals surface area contributed by atoms with Crippen molar-refractivity contribution in [2.75, 3.05) is 32.8 Å². The van der Waals surface area contributed by atoms with Crippen molar-refractivity contribution in [1.82, 2.24) is 10.2 Å². The Balaban J connectivity index is 0.00000192. The predicted molar refractivity (Wildman–Crippen MR) is 93.6 cm³/mol. The Morgan fingerprint density at radius 3 is 2.43 bits per heavy atom. The first kappa shape index (κ1) is 18.2. The number of nitrogens with one attached hydrogen (secondary N) is 1. The molecule has 2 fully saturated rings. The van der Waals surface area contributed by atoms with Gasteiger partial charge in [-0.1, -0.05) is 30.3 Å². The van der Waals surface area contributed by atoms with Crippen LogP contribution in [-0.2, 0) is 16.1 Å². The molecule has 2 atom stereocenters. The number of amides is 1.